The van der Waals surface area contributed by atoms with E-state index in [4.69, 9.17) is 0 Å². The minimum Gasteiger partial charge on any atom is -0.393 e. The lowest BCUT2D eigenvalue weighted by molar-refractivity contribution is -0.119. The van der Waals surface area contributed by atoms with Gasteiger partial charge in [0.15, 0.2) is 0 Å². The van der Waals surface area contributed by atoms with Gasteiger partial charge in [-0.25, -0.2) is 0 Å². The van der Waals surface area contributed by atoms with Crippen molar-refractivity contribution >= 4 is 33.6 Å². The fourth-order valence-corrected chi connectivity index (χ4v) is 3.31. The van der Waals surface area contributed by atoms with Crippen molar-refractivity contribution in [2.45, 2.75) is 51.2 Å². The molecule has 0 radical (unpaired) electrons. The highest BCUT2D eigenvalue weighted by atomic mass is 79.9. The third-order valence-electron chi connectivity index (χ3n) is 2.92. The highest BCUT2D eigenvalue weighted by molar-refractivity contribution is 9.10. The number of hydrogen-bond acceptors (Lipinski definition) is 3. The van der Waals surface area contributed by atoms with Gasteiger partial charge >= 0.3 is 0 Å². The van der Waals surface area contributed by atoms with Crippen LogP contribution in [-0.2, 0) is 4.79 Å². The second-order valence-corrected chi connectivity index (χ2v) is 7.08. The molecule has 2 N–H and O–H groups in total. The third kappa shape index (κ3) is 5.85. The predicted molar refractivity (Wildman–Crippen MR) is 88.2 cm³/mol. The molecule has 112 valence electrons. The van der Waals surface area contributed by atoms with Crippen molar-refractivity contribution in [1.29, 1.82) is 0 Å². The van der Waals surface area contributed by atoms with Gasteiger partial charge in [-0.15, -0.1) is 11.8 Å². The van der Waals surface area contributed by atoms with Gasteiger partial charge in [0.1, 0.15) is 0 Å². The van der Waals surface area contributed by atoms with Crippen LogP contribution in [0, 0.1) is 13.8 Å². The minimum atomic E-state index is -0.394. The van der Waals surface area contributed by atoms with E-state index in [1.807, 2.05) is 20.8 Å². The summed E-state index contributed by atoms with van der Waals surface area (Å²) in [6.07, 6.45) is 0.182. The van der Waals surface area contributed by atoms with Crippen molar-refractivity contribution in [1.82, 2.24) is 5.32 Å². The van der Waals surface area contributed by atoms with E-state index in [0.29, 0.717) is 12.2 Å². The van der Waals surface area contributed by atoms with Gasteiger partial charge in [0.25, 0.3) is 0 Å². The van der Waals surface area contributed by atoms with Gasteiger partial charge in [-0.2, -0.15) is 0 Å². The molecule has 0 heterocycles. The normalized spacial score (nSPS) is 13.9. The molecule has 2 atom stereocenters. The van der Waals surface area contributed by atoms with Crippen LogP contribution in [0.3, 0.4) is 0 Å². The predicted octanol–water partition coefficient (Wildman–Crippen LogP) is 3.43. The van der Waals surface area contributed by atoms with Crippen molar-refractivity contribution < 1.29 is 9.90 Å². The van der Waals surface area contributed by atoms with Gasteiger partial charge in [0.2, 0.25) is 5.91 Å². The minimum absolute atomic E-state index is 0.00289. The molecule has 0 fully saturated rings. The number of carbonyl (C=O) groups is 1. The van der Waals surface area contributed by atoms with Crippen LogP contribution in [-0.4, -0.2) is 28.9 Å². The maximum Gasteiger partial charge on any atom is 0.230 e. The van der Waals surface area contributed by atoms with Gasteiger partial charge in [-0.05, 0) is 57.4 Å². The lowest BCUT2D eigenvalue weighted by atomic mass is 10.1. The van der Waals surface area contributed by atoms with Crippen molar-refractivity contribution in [2.75, 3.05) is 5.75 Å². The number of rotatable bonds is 6. The molecule has 0 bridgehead atoms. The zero-order chi connectivity index (χ0) is 15.3. The maximum absolute atomic E-state index is 11.8. The topological polar surface area (TPSA) is 49.3 Å². The molecule has 2 unspecified atom stereocenters. The van der Waals surface area contributed by atoms with Crippen LogP contribution in [0.1, 0.15) is 31.4 Å². The Balaban J connectivity index is 2.51. The van der Waals surface area contributed by atoms with Crippen molar-refractivity contribution in [3.63, 3.8) is 0 Å². The van der Waals surface area contributed by atoms with Crippen LogP contribution in [0.4, 0.5) is 0 Å². The summed E-state index contributed by atoms with van der Waals surface area (Å²) in [5.74, 6) is 0.398. The van der Waals surface area contributed by atoms with E-state index in [1.54, 1.807) is 18.7 Å². The lowest BCUT2D eigenvalue weighted by Crippen LogP contribution is -2.35. The number of aliphatic hydroxyl groups excluding tert-OH is 1. The second kappa shape index (κ2) is 8.05. The molecule has 5 heteroatoms. The first-order valence-electron chi connectivity index (χ1n) is 6.66. The monoisotopic (exact) mass is 359 g/mol. The molecule has 0 spiro atoms. The van der Waals surface area contributed by atoms with Gasteiger partial charge in [0.05, 0.1) is 11.9 Å². The number of aliphatic hydroxyl groups is 1. The maximum atomic E-state index is 11.8. The Morgan fingerprint density at radius 2 is 2.00 bits per heavy atom. The van der Waals surface area contributed by atoms with Crippen LogP contribution in [0.25, 0.3) is 0 Å². The molecule has 0 aromatic heterocycles. The largest absolute Gasteiger partial charge is 0.393 e. The Labute approximate surface area is 133 Å². The number of amides is 1. The first-order chi connectivity index (χ1) is 9.29. The molecule has 0 saturated heterocycles. The molecule has 0 saturated carbocycles. The summed E-state index contributed by atoms with van der Waals surface area (Å²) in [4.78, 5) is 13.0. The molecule has 20 heavy (non-hydrogen) atoms. The Hall–Kier alpha value is -0.520. The first kappa shape index (κ1) is 17.5. The molecule has 3 nitrogen and oxygen atoms in total. The summed E-state index contributed by atoms with van der Waals surface area (Å²) in [6.45, 7) is 7.72. The number of thioether (sulfide) groups is 1. The zero-order valence-electron chi connectivity index (χ0n) is 12.4. The molecule has 0 aliphatic carbocycles. The van der Waals surface area contributed by atoms with E-state index in [1.165, 1.54) is 5.56 Å². The van der Waals surface area contributed by atoms with Gasteiger partial charge < -0.3 is 10.4 Å². The number of carbonyl (C=O) groups excluding carboxylic acids is 1. The third-order valence-corrected chi connectivity index (χ3v) is 4.93. The van der Waals surface area contributed by atoms with Crippen LogP contribution in [0.15, 0.2) is 21.5 Å². The van der Waals surface area contributed by atoms with Gasteiger partial charge in [0, 0.05) is 15.4 Å². The van der Waals surface area contributed by atoms with E-state index in [2.05, 4.69) is 33.4 Å². The highest BCUT2D eigenvalue weighted by Crippen LogP contribution is 2.28. The number of nitrogens with one attached hydrogen (secondary N) is 1. The summed E-state index contributed by atoms with van der Waals surface area (Å²) in [7, 11) is 0. The summed E-state index contributed by atoms with van der Waals surface area (Å²) < 4.78 is 1.09. The molecular weight excluding hydrogens is 338 g/mol. The molecule has 0 aliphatic rings. The van der Waals surface area contributed by atoms with Crippen LogP contribution < -0.4 is 5.32 Å². The van der Waals surface area contributed by atoms with Crippen LogP contribution >= 0.6 is 27.7 Å². The Morgan fingerprint density at radius 1 is 1.35 bits per heavy atom. The molecular formula is C15H22BrNO2S. The standard InChI is InChI=1S/C15H22BrNO2S/c1-9-6-14(10(2)5-13(9)16)20-8-15(19)17-11(3)7-12(4)18/h5-6,11-12,18H,7-8H2,1-4H3,(H,17,19). The average molecular weight is 360 g/mol. The first-order valence-corrected chi connectivity index (χ1v) is 8.44. The summed E-state index contributed by atoms with van der Waals surface area (Å²) in [6, 6.07) is 4.17. The quantitative estimate of drug-likeness (QED) is 0.764. The average Bonchev–Trinajstić information content (AvgIpc) is 2.30. The smallest absolute Gasteiger partial charge is 0.230 e. The van der Waals surface area contributed by atoms with Crippen molar-refractivity contribution in [2.24, 2.45) is 0 Å². The molecule has 0 aliphatic heterocycles. The Morgan fingerprint density at radius 3 is 2.60 bits per heavy atom. The van der Waals surface area contributed by atoms with E-state index in [9.17, 15) is 9.90 Å². The summed E-state index contributed by atoms with van der Waals surface area (Å²) in [5.41, 5.74) is 2.33. The number of aryl methyl sites for hydroxylation is 2. The fourth-order valence-electron chi connectivity index (χ4n) is 1.94. The molecule has 1 rings (SSSR count). The molecule has 1 aromatic carbocycles. The SMILES string of the molecule is Cc1cc(SCC(=O)NC(C)CC(C)O)c(C)cc1Br. The summed E-state index contributed by atoms with van der Waals surface area (Å²) >= 11 is 5.05. The molecule has 1 amide bonds. The Bertz CT molecular complexity index is 477. The van der Waals surface area contributed by atoms with E-state index in [0.717, 1.165) is 14.9 Å². The summed E-state index contributed by atoms with van der Waals surface area (Å²) in [5, 5.41) is 12.2. The number of hydrogen-bond donors (Lipinski definition) is 2. The second-order valence-electron chi connectivity index (χ2n) is 5.21. The van der Waals surface area contributed by atoms with Crippen molar-refractivity contribution in [3.05, 3.63) is 27.7 Å². The fraction of sp³-hybridized carbons (Fsp3) is 0.533. The van der Waals surface area contributed by atoms with Crippen LogP contribution in [0.2, 0.25) is 0 Å². The Kier molecular flexibility index (Phi) is 7.06. The van der Waals surface area contributed by atoms with E-state index < -0.39 is 6.10 Å². The van der Waals surface area contributed by atoms with Gasteiger partial charge in [-0.1, -0.05) is 15.9 Å². The number of halogens is 1. The van der Waals surface area contributed by atoms with Crippen molar-refractivity contribution in [3.8, 4) is 0 Å². The lowest BCUT2D eigenvalue weighted by Gasteiger charge is -2.15. The molecule has 1 aromatic rings. The van der Waals surface area contributed by atoms with Gasteiger partial charge in [-0.3, -0.25) is 4.79 Å². The van der Waals surface area contributed by atoms with E-state index in [-0.39, 0.29) is 11.9 Å². The zero-order valence-corrected chi connectivity index (χ0v) is 14.8. The number of benzene rings is 1. The highest BCUT2D eigenvalue weighted by Gasteiger charge is 2.11. The van der Waals surface area contributed by atoms with E-state index >= 15 is 0 Å². The van der Waals surface area contributed by atoms with Crippen LogP contribution in [0.5, 0.6) is 0 Å².